The van der Waals surface area contributed by atoms with E-state index in [0.29, 0.717) is 12.2 Å². The van der Waals surface area contributed by atoms with Crippen molar-refractivity contribution in [1.82, 2.24) is 9.55 Å². The summed E-state index contributed by atoms with van der Waals surface area (Å²) in [7, 11) is 0. The van der Waals surface area contributed by atoms with Gasteiger partial charge in [-0.1, -0.05) is 43.7 Å². The van der Waals surface area contributed by atoms with Gasteiger partial charge >= 0.3 is 5.97 Å². The van der Waals surface area contributed by atoms with Crippen LogP contribution < -0.4 is 11.3 Å². The number of para-hydroxylation sites is 3. The largest absolute Gasteiger partial charge is 0.476 e. The highest BCUT2D eigenvalue weighted by Gasteiger charge is 2.04. The minimum absolute atomic E-state index is 0.00574. The van der Waals surface area contributed by atoms with Crippen LogP contribution in [0.1, 0.15) is 38.4 Å². The molecule has 0 fully saturated rings. The molecule has 0 amide bonds. The molecule has 0 unspecified atom stereocenters. The number of hydrogen-bond donors (Lipinski definition) is 2. The number of anilines is 1. The molecule has 7 nitrogen and oxygen atoms in total. The molecule has 1 heterocycles. The number of benzene rings is 2. The number of carbonyl (C=O) groups is 2. The molecule has 0 aliphatic rings. The predicted octanol–water partition coefficient (Wildman–Crippen LogP) is 3.61. The van der Waals surface area contributed by atoms with Crippen molar-refractivity contribution in [2.45, 2.75) is 47.1 Å². The number of rotatable bonds is 4. The Morgan fingerprint density at radius 3 is 2.17 bits per heavy atom. The van der Waals surface area contributed by atoms with Crippen molar-refractivity contribution in [1.29, 1.82) is 0 Å². The van der Waals surface area contributed by atoms with Gasteiger partial charge in [0.2, 0.25) is 5.78 Å². The molecule has 0 radical (unpaired) electrons. The number of carboxylic acids is 1. The Kier molecular flexibility index (Phi) is 9.96. The van der Waals surface area contributed by atoms with Crippen LogP contribution in [-0.2, 0) is 22.6 Å². The number of fused-ring (bicyclic) bond motifs is 1. The van der Waals surface area contributed by atoms with Gasteiger partial charge in [-0.05, 0) is 44.0 Å². The molecule has 0 spiro atoms. The van der Waals surface area contributed by atoms with E-state index < -0.39 is 11.8 Å². The summed E-state index contributed by atoms with van der Waals surface area (Å²) < 4.78 is 1.75. The summed E-state index contributed by atoms with van der Waals surface area (Å²) in [6.45, 7) is 7.56. The Hall–Kier alpha value is -3.48. The fraction of sp³-hybridized carbons (Fsp3) is 0.304. The van der Waals surface area contributed by atoms with Crippen LogP contribution in [0.4, 0.5) is 5.69 Å². The molecular weight excluding hydrogens is 382 g/mol. The molecule has 3 N–H and O–H groups in total. The lowest BCUT2D eigenvalue weighted by molar-refractivity contribution is -0.148. The van der Waals surface area contributed by atoms with Gasteiger partial charge in [0.1, 0.15) is 5.69 Å². The fourth-order valence-corrected chi connectivity index (χ4v) is 2.67. The van der Waals surface area contributed by atoms with Crippen LogP contribution in [0, 0.1) is 6.92 Å². The summed E-state index contributed by atoms with van der Waals surface area (Å²) >= 11 is 0. The highest BCUT2D eigenvalue weighted by molar-refractivity contribution is 6.31. The van der Waals surface area contributed by atoms with Crippen LogP contribution in [0.3, 0.4) is 0 Å². The molecule has 7 heteroatoms. The summed E-state index contributed by atoms with van der Waals surface area (Å²) in [4.78, 5) is 34.9. The molecule has 160 valence electrons. The topological polar surface area (TPSA) is 115 Å². The third-order valence-electron chi connectivity index (χ3n) is 4.21. The first-order valence-corrected chi connectivity index (χ1v) is 9.76. The van der Waals surface area contributed by atoms with Crippen LogP contribution in [0.15, 0.2) is 53.3 Å². The van der Waals surface area contributed by atoms with E-state index in [-0.39, 0.29) is 5.56 Å². The van der Waals surface area contributed by atoms with Gasteiger partial charge in [-0.3, -0.25) is 9.59 Å². The monoisotopic (exact) mass is 411 g/mol. The summed E-state index contributed by atoms with van der Waals surface area (Å²) in [6, 6.07) is 15.7. The SMILES string of the molecule is CC(=O)C(=O)O.CCCc1ccccc1N.CCn1c(=O)c(C)nc2ccccc21. The average Bonchev–Trinajstić information content (AvgIpc) is 2.72. The molecule has 1 aromatic heterocycles. The predicted molar refractivity (Wildman–Crippen MR) is 120 cm³/mol. The Morgan fingerprint density at radius 2 is 1.63 bits per heavy atom. The van der Waals surface area contributed by atoms with Crippen LogP contribution in [0.2, 0.25) is 0 Å². The maximum atomic E-state index is 11.7. The van der Waals surface area contributed by atoms with Crippen molar-refractivity contribution < 1.29 is 14.7 Å². The van der Waals surface area contributed by atoms with E-state index in [9.17, 15) is 14.4 Å². The third kappa shape index (κ3) is 7.16. The number of aromatic nitrogens is 2. The highest BCUT2D eigenvalue weighted by Crippen LogP contribution is 2.11. The number of aliphatic carboxylic acids is 1. The summed E-state index contributed by atoms with van der Waals surface area (Å²) in [5, 5.41) is 7.64. The minimum atomic E-state index is -1.38. The maximum absolute atomic E-state index is 11.7. The van der Waals surface area contributed by atoms with Gasteiger partial charge in [0.05, 0.1) is 11.0 Å². The lowest BCUT2D eigenvalue weighted by Gasteiger charge is -2.07. The average molecular weight is 412 g/mol. The van der Waals surface area contributed by atoms with Crippen molar-refractivity contribution in [2.24, 2.45) is 0 Å². The van der Waals surface area contributed by atoms with Crippen molar-refractivity contribution in [2.75, 3.05) is 5.73 Å². The number of Topliss-reactive ketones (excluding diaryl/α,β-unsaturated/α-hetero) is 1. The molecule has 0 saturated heterocycles. The second kappa shape index (κ2) is 12.2. The lowest BCUT2D eigenvalue weighted by Crippen LogP contribution is -2.23. The van der Waals surface area contributed by atoms with E-state index in [1.165, 1.54) is 5.56 Å². The molecule has 0 saturated carbocycles. The first-order valence-electron chi connectivity index (χ1n) is 9.76. The maximum Gasteiger partial charge on any atom is 0.371 e. The first kappa shape index (κ1) is 24.6. The standard InChI is InChI=1S/C11H12N2O.C9H13N.C3H4O3/c1-3-13-10-7-5-4-6-9(10)12-8(2)11(13)14;1-2-5-8-6-3-4-7-9(8)10;1-2(4)3(5)6/h4-7H,3H2,1-2H3;3-4,6-7H,2,5,10H2,1H3;1H3,(H,5,6). The van der Waals surface area contributed by atoms with Crippen molar-refractivity contribution in [3.05, 3.63) is 70.1 Å². The van der Waals surface area contributed by atoms with Gasteiger partial charge < -0.3 is 15.4 Å². The molecular formula is C23H29N3O4. The quantitative estimate of drug-likeness (QED) is 0.501. The van der Waals surface area contributed by atoms with Crippen molar-refractivity contribution in [3.63, 3.8) is 0 Å². The van der Waals surface area contributed by atoms with Crippen LogP contribution in [-0.4, -0.2) is 26.4 Å². The summed E-state index contributed by atoms with van der Waals surface area (Å²) in [5.41, 5.74) is 10.3. The van der Waals surface area contributed by atoms with Crippen LogP contribution >= 0.6 is 0 Å². The number of carboxylic acid groups (broad SMARTS) is 1. The fourth-order valence-electron chi connectivity index (χ4n) is 2.67. The van der Waals surface area contributed by atoms with Gasteiger partial charge in [-0.15, -0.1) is 0 Å². The Balaban J connectivity index is 0.000000247. The third-order valence-corrected chi connectivity index (χ3v) is 4.21. The molecule has 0 bridgehead atoms. The smallest absolute Gasteiger partial charge is 0.371 e. The number of nitrogen functional groups attached to an aromatic ring is 1. The second-order valence-corrected chi connectivity index (χ2v) is 6.55. The summed E-state index contributed by atoms with van der Waals surface area (Å²) in [6.07, 6.45) is 2.25. The van der Waals surface area contributed by atoms with E-state index in [2.05, 4.69) is 18.0 Å². The first-order chi connectivity index (χ1) is 14.2. The zero-order chi connectivity index (χ0) is 22.7. The van der Waals surface area contributed by atoms with Gasteiger partial charge in [-0.2, -0.15) is 0 Å². The number of nitrogens with zero attached hydrogens (tertiary/aromatic N) is 2. The molecule has 0 atom stereocenters. The zero-order valence-electron chi connectivity index (χ0n) is 17.9. The number of aryl methyl sites for hydroxylation is 3. The molecule has 3 aromatic rings. The Morgan fingerprint density at radius 1 is 1.07 bits per heavy atom. The normalized spacial score (nSPS) is 9.73. The molecule has 2 aromatic carbocycles. The Labute approximate surface area is 176 Å². The van der Waals surface area contributed by atoms with Crippen molar-refractivity contribution in [3.8, 4) is 0 Å². The van der Waals surface area contributed by atoms with E-state index >= 15 is 0 Å². The van der Waals surface area contributed by atoms with Gasteiger partial charge in [-0.25, -0.2) is 9.78 Å². The number of hydrogen-bond acceptors (Lipinski definition) is 5. The highest BCUT2D eigenvalue weighted by atomic mass is 16.4. The molecule has 3 rings (SSSR count). The van der Waals surface area contributed by atoms with Crippen molar-refractivity contribution >= 4 is 28.5 Å². The zero-order valence-corrected chi connectivity index (χ0v) is 17.9. The van der Waals surface area contributed by atoms with Gasteiger partial charge in [0, 0.05) is 19.2 Å². The minimum Gasteiger partial charge on any atom is -0.476 e. The lowest BCUT2D eigenvalue weighted by atomic mass is 10.1. The van der Waals surface area contributed by atoms with E-state index in [1.54, 1.807) is 11.5 Å². The number of carbonyl (C=O) groups excluding carboxylic acids is 1. The van der Waals surface area contributed by atoms with Crippen LogP contribution in [0.5, 0.6) is 0 Å². The molecule has 0 aliphatic heterocycles. The molecule has 0 aliphatic carbocycles. The number of ketones is 1. The van der Waals surface area contributed by atoms with Gasteiger partial charge in [0.15, 0.2) is 0 Å². The van der Waals surface area contributed by atoms with Crippen LogP contribution in [0.25, 0.3) is 11.0 Å². The molecule has 30 heavy (non-hydrogen) atoms. The van der Waals surface area contributed by atoms with Gasteiger partial charge in [0.25, 0.3) is 5.56 Å². The Bertz CT molecular complexity index is 1050. The second-order valence-electron chi connectivity index (χ2n) is 6.55. The van der Waals surface area contributed by atoms with E-state index in [0.717, 1.165) is 36.5 Å². The van der Waals surface area contributed by atoms with E-state index in [4.69, 9.17) is 10.8 Å². The summed E-state index contributed by atoms with van der Waals surface area (Å²) in [5.74, 6) is -2.20. The number of nitrogens with two attached hydrogens (primary N) is 1. The van der Waals surface area contributed by atoms with E-state index in [1.807, 2.05) is 49.4 Å².